The predicted molar refractivity (Wildman–Crippen MR) is 146 cm³/mol. The molecule has 2 aromatic rings. The third kappa shape index (κ3) is 6.58. The Morgan fingerprint density at radius 1 is 1.11 bits per heavy atom. The zero-order valence-corrected chi connectivity index (χ0v) is 21.6. The maximum absolute atomic E-state index is 12.1. The number of phenolic OH excluding ortho intramolecular Hbond substituents is 2. The minimum absolute atomic E-state index is 0.206. The van der Waals surface area contributed by atoms with Gasteiger partial charge in [0.2, 0.25) is 0 Å². The molecule has 1 heterocycles. The average molecular weight is 524 g/mol. The minimum Gasteiger partial charge on any atom is -0.504 e. The van der Waals surface area contributed by atoms with Gasteiger partial charge in [-0.25, -0.2) is 9.79 Å². The highest BCUT2D eigenvalue weighted by Crippen LogP contribution is 2.35. The van der Waals surface area contributed by atoms with E-state index in [4.69, 9.17) is 5.73 Å². The molecule has 0 radical (unpaired) electrons. The van der Waals surface area contributed by atoms with Gasteiger partial charge in [-0.2, -0.15) is 0 Å². The molecular weight excluding hydrogens is 490 g/mol. The summed E-state index contributed by atoms with van der Waals surface area (Å²) in [5, 5.41) is 35.5. The Labute approximate surface area is 221 Å². The molecule has 7 N–H and O–H groups in total. The van der Waals surface area contributed by atoms with Crippen molar-refractivity contribution in [3.05, 3.63) is 81.8 Å². The Bertz CT molecular complexity index is 1240. The molecule has 37 heavy (non-hydrogen) atoms. The molecule has 0 bridgehead atoms. The van der Waals surface area contributed by atoms with E-state index in [9.17, 15) is 20.1 Å². The van der Waals surface area contributed by atoms with E-state index >= 15 is 0 Å². The number of aromatic hydroxyl groups is 2. The van der Waals surface area contributed by atoms with E-state index in [2.05, 4.69) is 34.3 Å². The molecule has 4 rings (SSSR count). The Hall–Kier alpha value is -3.63. The first kappa shape index (κ1) is 26.4. The molecule has 0 saturated heterocycles. The minimum atomic E-state index is -0.844. The van der Waals surface area contributed by atoms with Gasteiger partial charge >= 0.3 is 6.03 Å². The van der Waals surface area contributed by atoms with Gasteiger partial charge in [0, 0.05) is 19.6 Å². The van der Waals surface area contributed by atoms with Crippen molar-refractivity contribution in [3.63, 3.8) is 0 Å². The molecule has 2 atom stereocenters. The Morgan fingerprint density at radius 3 is 2.43 bits per heavy atom. The third-order valence-corrected chi connectivity index (χ3v) is 6.91. The van der Waals surface area contributed by atoms with E-state index in [1.807, 2.05) is 37.3 Å². The molecular formula is C27H33N5O4S. The van der Waals surface area contributed by atoms with Crippen molar-refractivity contribution in [3.8, 4) is 11.5 Å². The van der Waals surface area contributed by atoms with Gasteiger partial charge in [0.1, 0.15) is 5.54 Å². The molecule has 2 unspecified atom stereocenters. The first-order valence-corrected chi connectivity index (χ1v) is 12.6. The molecule has 10 heteroatoms. The summed E-state index contributed by atoms with van der Waals surface area (Å²) in [6.07, 6.45) is 5.76. The zero-order chi connectivity index (χ0) is 26.6. The number of benzene rings is 2. The number of hydrogen-bond acceptors (Lipinski definition) is 8. The summed E-state index contributed by atoms with van der Waals surface area (Å²) in [4.78, 5) is 19.4. The third-order valence-electron chi connectivity index (χ3n) is 6.59. The number of carbonyl (C=O) groups is 1. The fraction of sp³-hybridized carbons (Fsp3) is 0.333. The van der Waals surface area contributed by atoms with Crippen LogP contribution in [0.1, 0.15) is 42.9 Å². The van der Waals surface area contributed by atoms with E-state index < -0.39 is 11.8 Å². The molecule has 0 saturated carbocycles. The van der Waals surface area contributed by atoms with Crippen LogP contribution in [0.4, 0.5) is 4.79 Å². The number of aliphatic hydroxyl groups is 1. The molecule has 1 aliphatic carbocycles. The molecule has 0 spiro atoms. The number of aliphatic hydroxyl groups excluding tert-OH is 1. The lowest BCUT2D eigenvalue weighted by molar-refractivity contribution is 0.00741. The van der Waals surface area contributed by atoms with Crippen LogP contribution in [-0.4, -0.2) is 44.0 Å². The average Bonchev–Trinajstić information content (AvgIpc) is 3.06. The maximum atomic E-state index is 12.1. The normalized spacial score (nSPS) is 21.2. The topological polar surface area (TPSA) is 143 Å². The summed E-state index contributed by atoms with van der Waals surface area (Å²) in [5.41, 5.74) is 9.22. The van der Waals surface area contributed by atoms with Crippen molar-refractivity contribution in [2.75, 3.05) is 0 Å². The second-order valence-electron chi connectivity index (χ2n) is 9.65. The van der Waals surface area contributed by atoms with Gasteiger partial charge in [0.15, 0.2) is 23.7 Å². The molecule has 0 fully saturated rings. The van der Waals surface area contributed by atoms with Crippen LogP contribution >= 0.6 is 12.6 Å². The number of nitrogens with one attached hydrogen (secondary N) is 2. The number of nitrogens with two attached hydrogens (primary N) is 1. The molecule has 2 aliphatic rings. The van der Waals surface area contributed by atoms with Crippen LogP contribution in [0.2, 0.25) is 0 Å². The summed E-state index contributed by atoms with van der Waals surface area (Å²) in [6.45, 7) is 2.88. The Balaban J connectivity index is 1.27. The molecule has 2 aromatic carbocycles. The quantitative estimate of drug-likeness (QED) is 0.209. The first-order valence-electron chi connectivity index (χ1n) is 12.1. The summed E-state index contributed by atoms with van der Waals surface area (Å²) >= 11 is 4.44. The Kier molecular flexibility index (Phi) is 7.99. The molecule has 1 aliphatic heterocycles. The zero-order valence-electron chi connectivity index (χ0n) is 20.7. The number of thiol groups is 1. The summed E-state index contributed by atoms with van der Waals surface area (Å²) in [6, 6.07) is 11.7. The van der Waals surface area contributed by atoms with E-state index in [0.29, 0.717) is 31.0 Å². The second-order valence-corrected chi connectivity index (χ2v) is 10.2. The number of rotatable bonds is 8. The van der Waals surface area contributed by atoms with Gasteiger partial charge in [0.25, 0.3) is 0 Å². The fourth-order valence-electron chi connectivity index (χ4n) is 4.55. The van der Waals surface area contributed by atoms with Crippen LogP contribution in [-0.2, 0) is 19.6 Å². The number of guanidine groups is 1. The fourth-order valence-corrected chi connectivity index (χ4v) is 4.86. The number of hydrogen-bond donors (Lipinski definition) is 7. The van der Waals surface area contributed by atoms with Gasteiger partial charge in [-0.05, 0) is 66.0 Å². The lowest BCUT2D eigenvalue weighted by Gasteiger charge is -2.32. The van der Waals surface area contributed by atoms with Crippen molar-refractivity contribution in [1.29, 1.82) is 0 Å². The SMILES string of the molecule is CC1(CC2=CC(S)=CCC2)N=C(N)N(Cc2ccc(CNC(=O)NCc3ccc(O)c(O)c3)cc2)C1O. The standard InChI is InChI=1S/C27H33N5O4S/c1-27(13-19-3-2-4-21(37)11-19)24(35)32(25(28)31-27)16-18-7-5-17(6-8-18)14-29-26(36)30-15-20-9-10-22(33)23(34)12-20/h4-12,24,33-35,37H,2-3,13-16H2,1H3,(H2,28,31)(H2,29,30,36). The van der Waals surface area contributed by atoms with E-state index in [1.165, 1.54) is 17.7 Å². The van der Waals surface area contributed by atoms with Crippen molar-refractivity contribution in [2.45, 2.75) is 57.6 Å². The molecule has 9 nitrogen and oxygen atoms in total. The summed E-state index contributed by atoms with van der Waals surface area (Å²) < 4.78 is 0. The van der Waals surface area contributed by atoms with Crippen molar-refractivity contribution in [1.82, 2.24) is 15.5 Å². The van der Waals surface area contributed by atoms with Gasteiger partial charge in [-0.3, -0.25) is 0 Å². The first-order chi connectivity index (χ1) is 17.6. The maximum Gasteiger partial charge on any atom is 0.315 e. The highest BCUT2D eigenvalue weighted by molar-refractivity contribution is 7.84. The number of aliphatic imine (C=N–C) groups is 1. The number of carbonyl (C=O) groups excluding carboxylic acids is 1. The molecule has 0 aromatic heterocycles. The van der Waals surface area contributed by atoms with E-state index in [1.54, 1.807) is 11.0 Å². The van der Waals surface area contributed by atoms with E-state index in [0.717, 1.165) is 28.9 Å². The summed E-state index contributed by atoms with van der Waals surface area (Å²) in [5.74, 6) is -0.121. The van der Waals surface area contributed by atoms with E-state index in [-0.39, 0.29) is 24.1 Å². The van der Waals surface area contributed by atoms with Crippen molar-refractivity contribution in [2.24, 2.45) is 10.7 Å². The smallest absolute Gasteiger partial charge is 0.315 e. The van der Waals surface area contributed by atoms with Crippen LogP contribution in [0.15, 0.2) is 70.1 Å². The Morgan fingerprint density at radius 2 is 1.76 bits per heavy atom. The van der Waals surface area contributed by atoms with Crippen LogP contribution in [0.3, 0.4) is 0 Å². The lowest BCUT2D eigenvalue weighted by Crippen LogP contribution is -2.46. The van der Waals surface area contributed by atoms with Crippen molar-refractivity contribution >= 4 is 24.6 Å². The van der Waals surface area contributed by atoms with Crippen LogP contribution in [0, 0.1) is 0 Å². The van der Waals surface area contributed by atoms with Gasteiger partial charge in [-0.15, -0.1) is 12.6 Å². The number of amides is 2. The monoisotopic (exact) mass is 523 g/mol. The van der Waals surface area contributed by atoms with Crippen LogP contribution in [0.25, 0.3) is 0 Å². The number of nitrogens with zero attached hydrogens (tertiary/aromatic N) is 2. The van der Waals surface area contributed by atoms with Crippen LogP contribution < -0.4 is 16.4 Å². The molecule has 2 amide bonds. The van der Waals surface area contributed by atoms with Crippen molar-refractivity contribution < 1.29 is 20.1 Å². The largest absolute Gasteiger partial charge is 0.504 e. The lowest BCUT2D eigenvalue weighted by atomic mass is 9.88. The van der Waals surface area contributed by atoms with Gasteiger partial charge in [0.05, 0.1) is 0 Å². The highest BCUT2D eigenvalue weighted by Gasteiger charge is 2.44. The summed E-state index contributed by atoms with van der Waals surface area (Å²) in [7, 11) is 0. The second kappa shape index (κ2) is 11.2. The van der Waals surface area contributed by atoms with Gasteiger partial charge in [-0.1, -0.05) is 42.0 Å². The highest BCUT2D eigenvalue weighted by atomic mass is 32.1. The van der Waals surface area contributed by atoms with Gasteiger partial charge < -0.3 is 36.6 Å². The molecule has 196 valence electrons. The predicted octanol–water partition coefficient (Wildman–Crippen LogP) is 3.23. The number of phenols is 2. The number of allylic oxidation sites excluding steroid dienone is 2. The number of urea groups is 1. The van der Waals surface area contributed by atoms with Crippen LogP contribution in [0.5, 0.6) is 11.5 Å².